The molecule has 190 valence electrons. The number of rotatable bonds is 9. The second-order valence-electron chi connectivity index (χ2n) is 10.9. The lowest BCUT2D eigenvalue weighted by Gasteiger charge is -2.41. The second kappa shape index (κ2) is 12.5. The van der Waals surface area contributed by atoms with Gasteiger partial charge in [-0.1, -0.05) is 47.1 Å². The molecule has 7 heteroatoms. The van der Waals surface area contributed by atoms with Crippen LogP contribution >= 0.6 is 0 Å². The highest BCUT2D eigenvalue weighted by Gasteiger charge is 2.39. The summed E-state index contributed by atoms with van der Waals surface area (Å²) in [6.45, 7) is 18.8. The van der Waals surface area contributed by atoms with Crippen LogP contribution in [0.5, 0.6) is 0 Å². The zero-order valence-electron chi connectivity index (χ0n) is 22.5. The minimum absolute atomic E-state index is 0.0782. The molecule has 0 bridgehead atoms. The molecular formula is C26H47N3O4. The summed E-state index contributed by atoms with van der Waals surface area (Å²) < 4.78 is 5.10. The molecule has 2 amide bonds. The Morgan fingerprint density at radius 1 is 1.15 bits per heavy atom. The van der Waals surface area contributed by atoms with Gasteiger partial charge in [0.1, 0.15) is 6.04 Å². The molecule has 33 heavy (non-hydrogen) atoms. The Hall–Kier alpha value is -1.89. The third-order valence-corrected chi connectivity index (χ3v) is 6.41. The van der Waals surface area contributed by atoms with E-state index in [9.17, 15) is 14.4 Å². The van der Waals surface area contributed by atoms with Crippen molar-refractivity contribution in [3.63, 3.8) is 0 Å². The first-order chi connectivity index (χ1) is 15.2. The summed E-state index contributed by atoms with van der Waals surface area (Å²) in [5, 5.41) is 3.10. The van der Waals surface area contributed by atoms with E-state index in [1.165, 1.54) is 0 Å². The molecule has 1 rings (SSSR count). The first kappa shape index (κ1) is 29.1. The highest BCUT2D eigenvalue weighted by Crippen LogP contribution is 2.26. The van der Waals surface area contributed by atoms with Crippen LogP contribution in [0.15, 0.2) is 11.6 Å². The Morgan fingerprint density at radius 3 is 2.24 bits per heavy atom. The number of carbonyl (C=O) groups is 3. The number of nitrogens with zero attached hydrogens (tertiary/aromatic N) is 2. The van der Waals surface area contributed by atoms with Crippen molar-refractivity contribution in [2.24, 2.45) is 11.3 Å². The molecule has 0 unspecified atom stereocenters. The quantitative estimate of drug-likeness (QED) is 0.414. The summed E-state index contributed by atoms with van der Waals surface area (Å²) in [7, 11) is 1.74. The molecule has 3 atom stereocenters. The smallest absolute Gasteiger partial charge is 0.333 e. The first-order valence-corrected chi connectivity index (χ1v) is 12.4. The molecule has 0 radical (unpaired) electrons. The monoisotopic (exact) mass is 465 g/mol. The standard InChI is InChI=1S/C26H47N3O4/c1-11-33-25(32)19(6)16-21(17(2)3)28(10)24(31)22(26(7,8)9)27-23(30)20-14-12-13-15-29(20)18(4)5/h16-18,20-22H,11-15H2,1-10H3,(H,27,30)/b19-16+/t20-,21-,22-/m0/s1. The minimum atomic E-state index is -0.677. The molecule has 0 aliphatic carbocycles. The van der Waals surface area contributed by atoms with E-state index in [-0.39, 0.29) is 41.8 Å². The van der Waals surface area contributed by atoms with Crippen molar-refractivity contribution in [1.29, 1.82) is 0 Å². The van der Waals surface area contributed by atoms with Crippen LogP contribution in [-0.4, -0.2) is 72.0 Å². The van der Waals surface area contributed by atoms with E-state index in [0.717, 1.165) is 25.8 Å². The predicted octanol–water partition coefficient (Wildman–Crippen LogP) is 3.77. The Balaban J connectivity index is 3.15. The van der Waals surface area contributed by atoms with Gasteiger partial charge in [0.05, 0.1) is 18.7 Å². The molecule has 0 aromatic carbocycles. The maximum atomic E-state index is 13.7. The summed E-state index contributed by atoms with van der Waals surface area (Å²) in [6, 6.07) is -0.920. The number of hydrogen-bond acceptors (Lipinski definition) is 5. The Bertz CT molecular complexity index is 709. The lowest BCUT2D eigenvalue weighted by molar-refractivity contribution is -0.142. The van der Waals surface area contributed by atoms with Crippen molar-refractivity contribution >= 4 is 17.8 Å². The number of ether oxygens (including phenoxy) is 1. The van der Waals surface area contributed by atoms with Gasteiger partial charge in [0, 0.05) is 18.7 Å². The summed E-state index contributed by atoms with van der Waals surface area (Å²) in [4.78, 5) is 43.1. The number of esters is 1. The van der Waals surface area contributed by atoms with Gasteiger partial charge in [-0.2, -0.15) is 0 Å². The van der Waals surface area contributed by atoms with Gasteiger partial charge in [-0.3, -0.25) is 14.5 Å². The van der Waals surface area contributed by atoms with Crippen LogP contribution in [0.4, 0.5) is 0 Å². The van der Waals surface area contributed by atoms with Gasteiger partial charge in [-0.25, -0.2) is 4.79 Å². The highest BCUT2D eigenvalue weighted by atomic mass is 16.5. The fraction of sp³-hybridized carbons (Fsp3) is 0.808. The van der Waals surface area contributed by atoms with Crippen molar-refractivity contribution in [3.8, 4) is 0 Å². The Kier molecular flexibility index (Phi) is 11.1. The number of piperidine rings is 1. The van der Waals surface area contributed by atoms with Crippen molar-refractivity contribution in [1.82, 2.24) is 15.1 Å². The maximum absolute atomic E-state index is 13.7. The average molecular weight is 466 g/mol. The zero-order valence-corrected chi connectivity index (χ0v) is 22.5. The average Bonchev–Trinajstić information content (AvgIpc) is 2.73. The summed E-state index contributed by atoms with van der Waals surface area (Å²) in [6.07, 6.45) is 4.71. The van der Waals surface area contributed by atoms with E-state index in [2.05, 4.69) is 24.1 Å². The lowest BCUT2D eigenvalue weighted by atomic mass is 9.84. The molecule has 1 heterocycles. The fourth-order valence-corrected chi connectivity index (χ4v) is 4.41. The van der Waals surface area contributed by atoms with Gasteiger partial charge >= 0.3 is 5.97 Å². The van der Waals surface area contributed by atoms with E-state index >= 15 is 0 Å². The number of amides is 2. The number of hydrogen-bond donors (Lipinski definition) is 1. The van der Waals surface area contributed by atoms with Crippen molar-refractivity contribution < 1.29 is 19.1 Å². The van der Waals surface area contributed by atoms with E-state index in [0.29, 0.717) is 12.2 Å². The number of nitrogens with one attached hydrogen (secondary N) is 1. The van der Waals surface area contributed by atoms with Gasteiger partial charge in [-0.05, 0) is 58.4 Å². The number of carbonyl (C=O) groups excluding carboxylic acids is 3. The molecule has 7 nitrogen and oxygen atoms in total. The largest absolute Gasteiger partial charge is 0.463 e. The van der Waals surface area contributed by atoms with Crippen molar-refractivity contribution in [2.45, 2.75) is 106 Å². The lowest BCUT2D eigenvalue weighted by Crippen LogP contribution is -2.60. The highest BCUT2D eigenvalue weighted by molar-refractivity contribution is 5.91. The minimum Gasteiger partial charge on any atom is -0.463 e. The molecule has 1 N–H and O–H groups in total. The van der Waals surface area contributed by atoms with Crippen LogP contribution in [0.25, 0.3) is 0 Å². The SMILES string of the molecule is CCOC(=O)/C(C)=C/[C@@H](C(C)C)N(C)C(=O)[C@H](NC(=O)[C@@H]1CCCCN1C(C)C)C(C)(C)C. The molecule has 1 saturated heterocycles. The fourth-order valence-electron chi connectivity index (χ4n) is 4.41. The molecule has 0 spiro atoms. The van der Waals surface area contributed by atoms with Crippen molar-refractivity contribution in [2.75, 3.05) is 20.2 Å². The van der Waals surface area contributed by atoms with Crippen LogP contribution < -0.4 is 5.32 Å². The number of likely N-dealkylation sites (N-methyl/N-ethyl adjacent to an activating group) is 1. The molecule has 0 saturated carbocycles. The molecule has 1 aliphatic rings. The topological polar surface area (TPSA) is 79.0 Å². The van der Waals surface area contributed by atoms with Gasteiger partial charge in [0.15, 0.2) is 0 Å². The van der Waals surface area contributed by atoms with Crippen LogP contribution in [0, 0.1) is 11.3 Å². The summed E-state index contributed by atoms with van der Waals surface area (Å²) >= 11 is 0. The zero-order chi connectivity index (χ0) is 25.5. The Labute approximate surface area is 201 Å². The van der Waals surface area contributed by atoms with E-state index in [1.807, 2.05) is 34.6 Å². The van der Waals surface area contributed by atoms with Crippen LogP contribution in [0.3, 0.4) is 0 Å². The Morgan fingerprint density at radius 2 is 1.76 bits per heavy atom. The van der Waals surface area contributed by atoms with Crippen LogP contribution in [0.2, 0.25) is 0 Å². The van der Waals surface area contributed by atoms with Gasteiger partial charge < -0.3 is 15.0 Å². The summed E-state index contributed by atoms with van der Waals surface area (Å²) in [5.74, 6) is -0.538. The first-order valence-electron chi connectivity index (χ1n) is 12.4. The van der Waals surface area contributed by atoms with E-state index in [4.69, 9.17) is 4.74 Å². The molecular weight excluding hydrogens is 418 g/mol. The molecule has 1 fully saturated rings. The second-order valence-corrected chi connectivity index (χ2v) is 10.9. The normalized spacial score (nSPS) is 19.9. The number of likely N-dealkylation sites (tertiary alicyclic amines) is 1. The maximum Gasteiger partial charge on any atom is 0.333 e. The van der Waals surface area contributed by atoms with Crippen LogP contribution in [0.1, 0.15) is 81.6 Å². The van der Waals surface area contributed by atoms with Crippen LogP contribution in [-0.2, 0) is 19.1 Å². The molecule has 0 aromatic heterocycles. The van der Waals surface area contributed by atoms with E-state index in [1.54, 1.807) is 31.9 Å². The van der Waals surface area contributed by atoms with Crippen molar-refractivity contribution in [3.05, 3.63) is 11.6 Å². The molecule has 1 aliphatic heterocycles. The van der Waals surface area contributed by atoms with Gasteiger partial charge in [0.25, 0.3) is 0 Å². The third kappa shape index (κ3) is 8.13. The van der Waals surface area contributed by atoms with Gasteiger partial charge in [0.2, 0.25) is 11.8 Å². The van der Waals surface area contributed by atoms with Gasteiger partial charge in [-0.15, -0.1) is 0 Å². The third-order valence-electron chi connectivity index (χ3n) is 6.41. The van der Waals surface area contributed by atoms with E-state index < -0.39 is 11.5 Å². The predicted molar refractivity (Wildman–Crippen MR) is 133 cm³/mol. The summed E-state index contributed by atoms with van der Waals surface area (Å²) in [5.41, 5.74) is 0.000989. The molecule has 0 aromatic rings.